The highest BCUT2D eigenvalue weighted by atomic mass is 35.5. The number of anilines is 1. The monoisotopic (exact) mass is 317 g/mol. The molecule has 0 bridgehead atoms. The number of carbonyl (C=O) groups excluding carboxylic acids is 1. The summed E-state index contributed by atoms with van der Waals surface area (Å²) in [6.07, 6.45) is 2.73. The minimum atomic E-state index is -0.640. The minimum Gasteiger partial charge on any atom is -0.322 e. The molecule has 22 heavy (non-hydrogen) atoms. The smallest absolute Gasteiger partial charge is 0.270 e. The van der Waals surface area contributed by atoms with Crippen LogP contribution in [0.5, 0.6) is 0 Å². The van der Waals surface area contributed by atoms with Gasteiger partial charge in [0.1, 0.15) is 17.0 Å². The van der Waals surface area contributed by atoms with Crippen LogP contribution in [0.15, 0.2) is 53.6 Å². The fourth-order valence-corrected chi connectivity index (χ4v) is 2.14. The first kappa shape index (κ1) is 14.2. The Morgan fingerprint density at radius 1 is 1.27 bits per heavy atom. The number of amides is 1. The van der Waals surface area contributed by atoms with Crippen LogP contribution in [0, 0.1) is 5.82 Å². The lowest BCUT2D eigenvalue weighted by Crippen LogP contribution is -2.26. The minimum absolute atomic E-state index is 0.119. The Kier molecular flexibility index (Phi) is 3.60. The highest BCUT2D eigenvalue weighted by Gasteiger charge is 2.14. The summed E-state index contributed by atoms with van der Waals surface area (Å²) >= 11 is 5.65. The molecule has 0 saturated carbocycles. The van der Waals surface area contributed by atoms with Crippen LogP contribution in [-0.4, -0.2) is 15.3 Å². The number of halogens is 2. The Bertz CT molecular complexity index is 939. The lowest BCUT2D eigenvalue weighted by molar-refractivity contribution is 0.102. The molecule has 0 spiro atoms. The van der Waals surface area contributed by atoms with Crippen molar-refractivity contribution in [1.29, 1.82) is 0 Å². The number of hydrogen-bond donors (Lipinski definition) is 1. The van der Waals surface area contributed by atoms with E-state index in [4.69, 9.17) is 11.6 Å². The van der Waals surface area contributed by atoms with Gasteiger partial charge in [0.2, 0.25) is 0 Å². The Hall–Kier alpha value is -2.73. The average Bonchev–Trinajstić information content (AvgIpc) is 2.51. The van der Waals surface area contributed by atoms with E-state index in [1.807, 2.05) is 0 Å². The number of rotatable bonds is 2. The highest BCUT2D eigenvalue weighted by molar-refractivity contribution is 6.31. The zero-order valence-electron chi connectivity index (χ0n) is 11.1. The van der Waals surface area contributed by atoms with Crippen molar-refractivity contribution in [2.45, 2.75) is 0 Å². The van der Waals surface area contributed by atoms with Crippen molar-refractivity contribution in [1.82, 2.24) is 9.38 Å². The third-order valence-corrected chi connectivity index (χ3v) is 3.33. The molecule has 3 aromatic rings. The molecule has 110 valence electrons. The molecule has 5 nitrogen and oxygen atoms in total. The fraction of sp³-hybridized carbons (Fsp3) is 0. The summed E-state index contributed by atoms with van der Waals surface area (Å²) in [7, 11) is 0. The molecule has 1 aromatic carbocycles. The standard InChI is InChI=1S/C15H9ClFN3O2/c16-11-7-9(4-5-12(11)17)19-14(21)10-8-18-13-3-1-2-6-20(13)15(10)22/h1-8H,(H,19,21). The number of fused-ring (bicyclic) bond motifs is 1. The van der Waals surface area contributed by atoms with Crippen LogP contribution < -0.4 is 10.9 Å². The third kappa shape index (κ3) is 2.56. The average molecular weight is 318 g/mol. The zero-order chi connectivity index (χ0) is 15.7. The predicted octanol–water partition coefficient (Wildman–Crippen LogP) is 2.74. The first-order chi connectivity index (χ1) is 10.6. The maximum absolute atomic E-state index is 13.1. The number of nitrogens with one attached hydrogen (secondary N) is 1. The quantitative estimate of drug-likeness (QED) is 0.790. The lowest BCUT2D eigenvalue weighted by Gasteiger charge is -2.06. The molecule has 0 aliphatic carbocycles. The summed E-state index contributed by atoms with van der Waals surface area (Å²) in [5.41, 5.74) is 0.114. The van der Waals surface area contributed by atoms with E-state index < -0.39 is 17.3 Å². The van der Waals surface area contributed by atoms with Gasteiger partial charge < -0.3 is 5.32 Å². The number of benzene rings is 1. The Morgan fingerprint density at radius 3 is 2.86 bits per heavy atom. The van der Waals surface area contributed by atoms with Gasteiger partial charge in [-0.3, -0.25) is 14.0 Å². The van der Waals surface area contributed by atoms with E-state index in [2.05, 4.69) is 10.3 Å². The molecule has 3 rings (SSSR count). The molecule has 1 N–H and O–H groups in total. The fourth-order valence-electron chi connectivity index (χ4n) is 1.95. The van der Waals surface area contributed by atoms with Gasteiger partial charge in [0.05, 0.1) is 5.02 Å². The Morgan fingerprint density at radius 2 is 2.09 bits per heavy atom. The molecular formula is C15H9ClFN3O2. The van der Waals surface area contributed by atoms with Crippen LogP contribution in [0.2, 0.25) is 5.02 Å². The number of nitrogens with zero attached hydrogens (tertiary/aromatic N) is 2. The summed E-state index contributed by atoms with van der Waals surface area (Å²) in [5.74, 6) is -1.23. The van der Waals surface area contributed by atoms with Gasteiger partial charge in [-0.1, -0.05) is 17.7 Å². The van der Waals surface area contributed by atoms with Crippen LogP contribution in [0.1, 0.15) is 10.4 Å². The van der Waals surface area contributed by atoms with Gasteiger partial charge in [-0.15, -0.1) is 0 Å². The molecule has 0 saturated heterocycles. The molecule has 0 unspecified atom stereocenters. The maximum atomic E-state index is 13.1. The molecule has 0 radical (unpaired) electrons. The van der Waals surface area contributed by atoms with E-state index in [-0.39, 0.29) is 16.3 Å². The van der Waals surface area contributed by atoms with E-state index in [1.54, 1.807) is 18.2 Å². The van der Waals surface area contributed by atoms with Gasteiger partial charge in [-0.05, 0) is 30.3 Å². The topological polar surface area (TPSA) is 63.5 Å². The molecule has 7 heteroatoms. The summed E-state index contributed by atoms with van der Waals surface area (Å²) in [6.45, 7) is 0. The van der Waals surface area contributed by atoms with Crippen molar-refractivity contribution in [3.8, 4) is 0 Å². The molecule has 0 aliphatic heterocycles. The van der Waals surface area contributed by atoms with Crippen molar-refractivity contribution < 1.29 is 9.18 Å². The zero-order valence-corrected chi connectivity index (χ0v) is 11.8. The van der Waals surface area contributed by atoms with Crippen molar-refractivity contribution in [3.05, 3.63) is 75.5 Å². The second-order valence-corrected chi connectivity index (χ2v) is 4.90. The second kappa shape index (κ2) is 5.57. The van der Waals surface area contributed by atoms with Crippen LogP contribution in [-0.2, 0) is 0 Å². The summed E-state index contributed by atoms with van der Waals surface area (Å²) in [6, 6.07) is 8.80. The van der Waals surface area contributed by atoms with Crippen molar-refractivity contribution >= 4 is 28.8 Å². The summed E-state index contributed by atoms with van der Waals surface area (Å²) in [4.78, 5) is 28.5. The molecule has 1 amide bonds. The SMILES string of the molecule is O=C(Nc1ccc(F)c(Cl)c1)c1cnc2ccccn2c1=O. The van der Waals surface area contributed by atoms with Gasteiger partial charge >= 0.3 is 0 Å². The first-order valence-corrected chi connectivity index (χ1v) is 6.67. The summed E-state index contributed by atoms with van der Waals surface area (Å²) < 4.78 is 14.4. The van der Waals surface area contributed by atoms with Crippen LogP contribution >= 0.6 is 11.6 Å². The van der Waals surface area contributed by atoms with Gasteiger partial charge in [0.25, 0.3) is 11.5 Å². The normalized spacial score (nSPS) is 10.6. The molecular weight excluding hydrogens is 309 g/mol. The van der Waals surface area contributed by atoms with Crippen molar-refractivity contribution in [3.63, 3.8) is 0 Å². The number of aromatic nitrogens is 2. The number of pyridine rings is 1. The first-order valence-electron chi connectivity index (χ1n) is 6.29. The van der Waals surface area contributed by atoms with E-state index >= 15 is 0 Å². The van der Waals surface area contributed by atoms with Gasteiger partial charge in [-0.25, -0.2) is 9.37 Å². The third-order valence-electron chi connectivity index (χ3n) is 3.04. The highest BCUT2D eigenvalue weighted by Crippen LogP contribution is 2.19. The molecule has 0 aliphatic rings. The molecule has 0 fully saturated rings. The van der Waals surface area contributed by atoms with Crippen LogP contribution in [0.25, 0.3) is 5.65 Å². The number of hydrogen-bond acceptors (Lipinski definition) is 3. The maximum Gasteiger partial charge on any atom is 0.270 e. The van der Waals surface area contributed by atoms with E-state index in [9.17, 15) is 14.0 Å². The van der Waals surface area contributed by atoms with Gasteiger partial charge in [0, 0.05) is 18.1 Å². The Balaban J connectivity index is 1.97. The molecule has 2 heterocycles. The molecule has 0 atom stereocenters. The van der Waals surface area contributed by atoms with Crippen LogP contribution in [0.3, 0.4) is 0 Å². The van der Waals surface area contributed by atoms with Crippen LogP contribution in [0.4, 0.5) is 10.1 Å². The Labute approximate surface area is 129 Å². The summed E-state index contributed by atoms with van der Waals surface area (Å²) in [5, 5.41) is 2.37. The van der Waals surface area contributed by atoms with Gasteiger partial charge in [0.15, 0.2) is 0 Å². The largest absolute Gasteiger partial charge is 0.322 e. The van der Waals surface area contributed by atoms with Crippen molar-refractivity contribution in [2.24, 2.45) is 0 Å². The predicted molar refractivity (Wildman–Crippen MR) is 80.8 cm³/mol. The van der Waals surface area contributed by atoms with Gasteiger partial charge in [-0.2, -0.15) is 0 Å². The van der Waals surface area contributed by atoms with E-state index in [0.717, 1.165) is 6.07 Å². The molecule has 2 aromatic heterocycles. The lowest BCUT2D eigenvalue weighted by atomic mass is 10.2. The van der Waals surface area contributed by atoms with E-state index in [1.165, 1.54) is 28.9 Å². The van der Waals surface area contributed by atoms with E-state index in [0.29, 0.717) is 5.65 Å². The van der Waals surface area contributed by atoms with Crippen molar-refractivity contribution in [2.75, 3.05) is 5.32 Å². The second-order valence-electron chi connectivity index (χ2n) is 4.49. The number of carbonyl (C=O) groups is 1.